The zero-order valence-corrected chi connectivity index (χ0v) is 11.3. The molecule has 1 aromatic carbocycles. The molecule has 0 bridgehead atoms. The number of benzene rings is 1. The third kappa shape index (κ3) is 2.81. The summed E-state index contributed by atoms with van der Waals surface area (Å²) >= 11 is 0. The number of rotatable bonds is 5. The third-order valence-electron chi connectivity index (χ3n) is 3.76. The number of hydrogen-bond acceptors (Lipinski definition) is 4. The lowest BCUT2D eigenvalue weighted by atomic mass is 9.97. The van der Waals surface area contributed by atoms with Crippen LogP contribution in [-0.4, -0.2) is 31.7 Å². The number of ether oxygens (including phenoxy) is 2. The summed E-state index contributed by atoms with van der Waals surface area (Å²) in [4.78, 5) is 11.5. The van der Waals surface area contributed by atoms with Gasteiger partial charge in [0.1, 0.15) is 23.1 Å². The van der Waals surface area contributed by atoms with Gasteiger partial charge in [0.2, 0.25) is 5.91 Å². The van der Waals surface area contributed by atoms with E-state index in [9.17, 15) is 4.79 Å². The highest BCUT2D eigenvalue weighted by molar-refractivity contribution is 5.85. The number of carbonyl (C=O) groups excluding carboxylic acids is 1. The topological polar surface area (TPSA) is 73.6 Å². The van der Waals surface area contributed by atoms with Crippen molar-refractivity contribution in [3.63, 3.8) is 0 Å². The third-order valence-corrected chi connectivity index (χ3v) is 3.76. The van der Waals surface area contributed by atoms with Crippen LogP contribution in [0.2, 0.25) is 0 Å². The maximum Gasteiger partial charge on any atom is 0.237 e. The van der Waals surface area contributed by atoms with Crippen LogP contribution in [0.1, 0.15) is 19.3 Å². The average molecular weight is 264 g/mol. The number of likely N-dealkylation sites (N-methyl/N-ethyl adjacent to an activating group) is 1. The summed E-state index contributed by atoms with van der Waals surface area (Å²) in [7, 11) is 3.38. The number of methoxy groups -OCH3 is 1. The molecule has 5 nitrogen and oxygen atoms in total. The molecule has 5 heteroatoms. The van der Waals surface area contributed by atoms with Gasteiger partial charge >= 0.3 is 0 Å². The van der Waals surface area contributed by atoms with Crippen molar-refractivity contribution >= 4 is 5.91 Å². The fourth-order valence-corrected chi connectivity index (χ4v) is 2.54. The van der Waals surface area contributed by atoms with Gasteiger partial charge < -0.3 is 20.5 Å². The summed E-state index contributed by atoms with van der Waals surface area (Å²) in [5.74, 6) is 1.19. The van der Waals surface area contributed by atoms with Gasteiger partial charge in [0.15, 0.2) is 0 Å². The monoisotopic (exact) mass is 264 g/mol. The van der Waals surface area contributed by atoms with E-state index in [2.05, 4.69) is 5.32 Å². The Kier molecular flexibility index (Phi) is 3.95. The van der Waals surface area contributed by atoms with Crippen molar-refractivity contribution in [1.82, 2.24) is 5.32 Å². The fourth-order valence-electron chi connectivity index (χ4n) is 2.54. The van der Waals surface area contributed by atoms with Crippen molar-refractivity contribution < 1.29 is 14.3 Å². The first kappa shape index (κ1) is 13.7. The maximum absolute atomic E-state index is 11.5. The van der Waals surface area contributed by atoms with E-state index in [1.165, 1.54) is 0 Å². The van der Waals surface area contributed by atoms with Gasteiger partial charge in [0.25, 0.3) is 0 Å². The Morgan fingerprint density at radius 3 is 2.79 bits per heavy atom. The molecule has 2 unspecified atom stereocenters. The maximum atomic E-state index is 11.5. The van der Waals surface area contributed by atoms with E-state index in [4.69, 9.17) is 15.2 Å². The van der Waals surface area contributed by atoms with Gasteiger partial charge in [0, 0.05) is 12.5 Å². The van der Waals surface area contributed by atoms with E-state index in [0.717, 1.165) is 17.9 Å². The fraction of sp³-hybridized carbons (Fsp3) is 0.500. The van der Waals surface area contributed by atoms with Crippen molar-refractivity contribution in [2.24, 2.45) is 5.73 Å². The number of nitrogens with one attached hydrogen (secondary N) is 1. The molecule has 1 saturated carbocycles. The van der Waals surface area contributed by atoms with E-state index in [0.29, 0.717) is 12.8 Å². The molecule has 0 saturated heterocycles. The Labute approximate surface area is 113 Å². The molecule has 1 fully saturated rings. The second-order valence-corrected chi connectivity index (χ2v) is 4.86. The molecular weight excluding hydrogens is 244 g/mol. The molecule has 1 amide bonds. The Bertz CT molecular complexity index is 464. The Balaban J connectivity index is 2.03. The van der Waals surface area contributed by atoms with Crippen molar-refractivity contribution in [3.05, 3.63) is 24.3 Å². The molecule has 2 atom stereocenters. The van der Waals surface area contributed by atoms with Crippen LogP contribution in [0.3, 0.4) is 0 Å². The number of nitrogens with two attached hydrogens (primary N) is 1. The summed E-state index contributed by atoms with van der Waals surface area (Å²) < 4.78 is 11.1. The summed E-state index contributed by atoms with van der Waals surface area (Å²) in [6.07, 6.45) is 2.09. The van der Waals surface area contributed by atoms with Gasteiger partial charge in [-0.25, -0.2) is 0 Å². The van der Waals surface area contributed by atoms with Crippen LogP contribution < -0.4 is 20.5 Å². The lowest BCUT2D eigenvalue weighted by molar-refractivity contribution is -0.124. The average Bonchev–Trinajstić information content (AvgIpc) is 2.83. The standard InChI is InChI=1S/C14H20N2O3/c1-16-14(13(15)17)7-6-12(9-14)19-11-5-3-4-10(8-11)18-2/h3-5,8,12,16H,6-7,9H2,1-2H3,(H2,15,17). The first-order valence-electron chi connectivity index (χ1n) is 6.39. The van der Waals surface area contributed by atoms with Crippen LogP contribution in [0, 0.1) is 0 Å². The molecule has 0 radical (unpaired) electrons. The molecule has 0 spiro atoms. The zero-order chi connectivity index (χ0) is 13.9. The van der Waals surface area contributed by atoms with Gasteiger partial charge in [-0.2, -0.15) is 0 Å². The highest BCUT2D eigenvalue weighted by Crippen LogP contribution is 2.33. The lowest BCUT2D eigenvalue weighted by Gasteiger charge is -2.24. The van der Waals surface area contributed by atoms with E-state index in [1.807, 2.05) is 24.3 Å². The first-order valence-corrected chi connectivity index (χ1v) is 6.39. The zero-order valence-electron chi connectivity index (χ0n) is 11.3. The van der Waals surface area contributed by atoms with Gasteiger partial charge in [-0.05, 0) is 32.0 Å². The van der Waals surface area contributed by atoms with Gasteiger partial charge in [-0.1, -0.05) is 6.07 Å². The molecular formula is C14H20N2O3. The number of amides is 1. The first-order chi connectivity index (χ1) is 9.09. The number of hydrogen-bond donors (Lipinski definition) is 2. The van der Waals surface area contributed by atoms with Crippen LogP contribution in [0.15, 0.2) is 24.3 Å². The minimum absolute atomic E-state index is 0.00736. The molecule has 1 aliphatic carbocycles. The van der Waals surface area contributed by atoms with Gasteiger partial charge in [0.05, 0.1) is 7.11 Å². The molecule has 19 heavy (non-hydrogen) atoms. The van der Waals surface area contributed by atoms with Crippen LogP contribution in [0.25, 0.3) is 0 Å². The minimum atomic E-state index is -0.635. The van der Waals surface area contributed by atoms with Crippen molar-refractivity contribution in [2.45, 2.75) is 30.9 Å². The van der Waals surface area contributed by atoms with Gasteiger partial charge in [-0.15, -0.1) is 0 Å². The van der Waals surface area contributed by atoms with E-state index >= 15 is 0 Å². The molecule has 0 aromatic heterocycles. The summed E-state index contributed by atoms with van der Waals surface area (Å²) in [6, 6.07) is 7.46. The second-order valence-electron chi connectivity index (χ2n) is 4.86. The predicted molar refractivity (Wildman–Crippen MR) is 72.2 cm³/mol. The quantitative estimate of drug-likeness (QED) is 0.834. The molecule has 3 N–H and O–H groups in total. The minimum Gasteiger partial charge on any atom is -0.497 e. The SMILES string of the molecule is CNC1(C(N)=O)CCC(Oc2cccc(OC)c2)C1. The lowest BCUT2D eigenvalue weighted by Crippen LogP contribution is -2.52. The molecule has 2 rings (SSSR count). The van der Waals surface area contributed by atoms with Crippen molar-refractivity contribution in [2.75, 3.05) is 14.2 Å². The van der Waals surface area contributed by atoms with E-state index in [-0.39, 0.29) is 12.0 Å². The summed E-state index contributed by atoms with van der Waals surface area (Å²) in [6.45, 7) is 0. The summed E-state index contributed by atoms with van der Waals surface area (Å²) in [5, 5.41) is 3.04. The van der Waals surface area contributed by atoms with Crippen LogP contribution >= 0.6 is 0 Å². The Morgan fingerprint density at radius 1 is 1.47 bits per heavy atom. The van der Waals surface area contributed by atoms with Crippen LogP contribution in [0.5, 0.6) is 11.5 Å². The largest absolute Gasteiger partial charge is 0.497 e. The molecule has 0 aliphatic heterocycles. The van der Waals surface area contributed by atoms with Gasteiger partial charge in [-0.3, -0.25) is 4.79 Å². The van der Waals surface area contributed by atoms with Crippen LogP contribution in [-0.2, 0) is 4.79 Å². The highest BCUT2D eigenvalue weighted by atomic mass is 16.5. The molecule has 0 heterocycles. The molecule has 1 aromatic rings. The Hall–Kier alpha value is -1.75. The molecule has 104 valence electrons. The smallest absolute Gasteiger partial charge is 0.237 e. The van der Waals surface area contributed by atoms with Crippen molar-refractivity contribution in [1.29, 1.82) is 0 Å². The normalized spacial score (nSPS) is 26.1. The van der Waals surface area contributed by atoms with Crippen LogP contribution in [0.4, 0.5) is 0 Å². The predicted octanol–water partition coefficient (Wildman–Crippen LogP) is 1.07. The number of carbonyl (C=O) groups is 1. The van der Waals surface area contributed by atoms with Crippen molar-refractivity contribution in [3.8, 4) is 11.5 Å². The Morgan fingerprint density at radius 2 is 2.21 bits per heavy atom. The second kappa shape index (κ2) is 5.48. The van der Waals surface area contributed by atoms with E-state index < -0.39 is 5.54 Å². The highest BCUT2D eigenvalue weighted by Gasteiger charge is 2.43. The summed E-state index contributed by atoms with van der Waals surface area (Å²) in [5.41, 5.74) is 4.83. The molecule has 1 aliphatic rings. The number of primary amides is 1. The van der Waals surface area contributed by atoms with E-state index in [1.54, 1.807) is 14.2 Å².